The fourth-order valence-electron chi connectivity index (χ4n) is 2.99. The second kappa shape index (κ2) is 11.9. The number of hydrogen-bond donors (Lipinski definition) is 2. The first-order valence-corrected chi connectivity index (χ1v) is 9.08. The molecule has 0 saturated carbocycles. The number of guanidine groups is 1. The summed E-state index contributed by atoms with van der Waals surface area (Å²) in [6, 6.07) is 7.88. The Kier molecular flexibility index (Phi) is 10.7. The third kappa shape index (κ3) is 7.57. The summed E-state index contributed by atoms with van der Waals surface area (Å²) in [4.78, 5) is 7.20. The standard InChI is InChI=1S/C18H29ClN4.HI/c1-3-20-18(21-12-15-7-5-9-17(19)11-15)22-13-16-8-6-10-23(4-2)14-16;/h5,7,9,11,16H,3-4,6,8,10,12-14H2,1-2H3,(H2,20,21,22);1H. The van der Waals surface area contributed by atoms with E-state index in [0.717, 1.165) is 36.2 Å². The quantitative estimate of drug-likeness (QED) is 0.383. The van der Waals surface area contributed by atoms with Crippen LogP contribution in [0.5, 0.6) is 0 Å². The molecule has 1 saturated heterocycles. The number of halogens is 2. The lowest BCUT2D eigenvalue weighted by atomic mass is 9.98. The number of aliphatic imine (C=N–C) groups is 1. The zero-order chi connectivity index (χ0) is 16.5. The second-order valence-corrected chi connectivity index (χ2v) is 6.54. The van der Waals surface area contributed by atoms with Gasteiger partial charge in [-0.15, -0.1) is 24.0 Å². The van der Waals surface area contributed by atoms with Gasteiger partial charge in [-0.2, -0.15) is 0 Å². The van der Waals surface area contributed by atoms with Gasteiger partial charge in [-0.05, 0) is 56.5 Å². The maximum Gasteiger partial charge on any atom is 0.191 e. The molecule has 0 radical (unpaired) electrons. The van der Waals surface area contributed by atoms with Gasteiger partial charge in [-0.3, -0.25) is 0 Å². The maximum absolute atomic E-state index is 6.03. The van der Waals surface area contributed by atoms with Crippen LogP contribution in [0.3, 0.4) is 0 Å². The highest BCUT2D eigenvalue weighted by molar-refractivity contribution is 14.0. The maximum atomic E-state index is 6.03. The number of hydrogen-bond acceptors (Lipinski definition) is 2. The van der Waals surface area contributed by atoms with Crippen molar-refractivity contribution in [2.45, 2.75) is 33.2 Å². The van der Waals surface area contributed by atoms with Gasteiger partial charge in [-0.1, -0.05) is 30.7 Å². The predicted octanol–water partition coefficient (Wildman–Crippen LogP) is 3.75. The molecule has 0 bridgehead atoms. The van der Waals surface area contributed by atoms with E-state index in [1.54, 1.807) is 0 Å². The van der Waals surface area contributed by atoms with Gasteiger partial charge >= 0.3 is 0 Å². The molecule has 1 aliphatic heterocycles. The molecule has 1 aliphatic rings. The Morgan fingerprint density at radius 1 is 1.33 bits per heavy atom. The average Bonchev–Trinajstić information content (AvgIpc) is 2.57. The van der Waals surface area contributed by atoms with Crippen molar-refractivity contribution < 1.29 is 0 Å². The summed E-state index contributed by atoms with van der Waals surface area (Å²) in [5.41, 5.74) is 1.13. The zero-order valence-corrected chi connectivity index (χ0v) is 17.8. The normalized spacial score (nSPS) is 18.8. The summed E-state index contributed by atoms with van der Waals surface area (Å²) >= 11 is 6.03. The molecule has 4 nitrogen and oxygen atoms in total. The topological polar surface area (TPSA) is 39.7 Å². The van der Waals surface area contributed by atoms with Crippen LogP contribution in [0.25, 0.3) is 0 Å². The zero-order valence-electron chi connectivity index (χ0n) is 14.7. The number of nitrogens with zero attached hydrogens (tertiary/aromatic N) is 2. The number of piperidine rings is 1. The minimum atomic E-state index is 0. The molecule has 1 atom stereocenters. The highest BCUT2D eigenvalue weighted by Gasteiger charge is 2.18. The van der Waals surface area contributed by atoms with Gasteiger partial charge in [0, 0.05) is 24.7 Å². The fraction of sp³-hybridized carbons (Fsp3) is 0.611. The van der Waals surface area contributed by atoms with Crippen molar-refractivity contribution >= 4 is 41.5 Å². The van der Waals surface area contributed by atoms with Crippen molar-refractivity contribution in [3.8, 4) is 0 Å². The lowest BCUT2D eigenvalue weighted by molar-refractivity contribution is 0.183. The molecule has 1 fully saturated rings. The van der Waals surface area contributed by atoms with Crippen LogP contribution in [0.15, 0.2) is 29.3 Å². The molecule has 0 spiro atoms. The van der Waals surface area contributed by atoms with Gasteiger partial charge in [0.05, 0.1) is 6.54 Å². The van der Waals surface area contributed by atoms with Crippen LogP contribution >= 0.6 is 35.6 Å². The molecule has 0 aromatic heterocycles. The van der Waals surface area contributed by atoms with Crippen molar-refractivity contribution in [1.29, 1.82) is 0 Å². The molecule has 0 aliphatic carbocycles. The molecule has 1 aromatic rings. The first-order chi connectivity index (χ1) is 11.2. The lowest BCUT2D eigenvalue weighted by Crippen LogP contribution is -2.44. The van der Waals surface area contributed by atoms with E-state index in [1.165, 1.54) is 25.9 Å². The molecule has 2 N–H and O–H groups in total. The van der Waals surface area contributed by atoms with Crippen molar-refractivity contribution in [2.24, 2.45) is 10.9 Å². The Balaban J connectivity index is 0.00000288. The van der Waals surface area contributed by atoms with E-state index in [2.05, 4.69) is 40.4 Å². The molecule has 1 heterocycles. The van der Waals surface area contributed by atoms with Crippen LogP contribution in [-0.2, 0) is 6.54 Å². The minimum absolute atomic E-state index is 0. The number of likely N-dealkylation sites (tertiary alicyclic amines) is 1. The Bertz CT molecular complexity index is 510. The van der Waals surface area contributed by atoms with E-state index in [9.17, 15) is 0 Å². The first-order valence-electron chi connectivity index (χ1n) is 8.70. The lowest BCUT2D eigenvalue weighted by Gasteiger charge is -2.32. The monoisotopic (exact) mass is 464 g/mol. The molecule has 2 rings (SSSR count). The predicted molar refractivity (Wildman–Crippen MR) is 115 cm³/mol. The first kappa shape index (κ1) is 21.5. The van der Waals surface area contributed by atoms with Crippen LogP contribution in [-0.4, -0.2) is 43.6 Å². The van der Waals surface area contributed by atoms with Gasteiger partial charge in [-0.25, -0.2) is 4.99 Å². The van der Waals surface area contributed by atoms with Gasteiger partial charge in [0.2, 0.25) is 0 Å². The molecule has 24 heavy (non-hydrogen) atoms. The fourth-order valence-corrected chi connectivity index (χ4v) is 3.21. The largest absolute Gasteiger partial charge is 0.357 e. The van der Waals surface area contributed by atoms with Gasteiger partial charge < -0.3 is 15.5 Å². The van der Waals surface area contributed by atoms with Crippen LogP contribution < -0.4 is 10.6 Å². The summed E-state index contributed by atoms with van der Waals surface area (Å²) in [7, 11) is 0. The summed E-state index contributed by atoms with van der Waals surface area (Å²) in [5, 5.41) is 7.59. The van der Waals surface area contributed by atoms with Crippen LogP contribution in [0, 0.1) is 5.92 Å². The highest BCUT2D eigenvalue weighted by Crippen LogP contribution is 2.15. The third-order valence-electron chi connectivity index (χ3n) is 4.26. The summed E-state index contributed by atoms with van der Waals surface area (Å²) < 4.78 is 0. The van der Waals surface area contributed by atoms with E-state index in [0.29, 0.717) is 12.5 Å². The van der Waals surface area contributed by atoms with Crippen molar-refractivity contribution in [3.63, 3.8) is 0 Å². The van der Waals surface area contributed by atoms with Crippen molar-refractivity contribution in [3.05, 3.63) is 34.9 Å². The summed E-state index contributed by atoms with van der Waals surface area (Å²) in [5.74, 6) is 1.60. The van der Waals surface area contributed by atoms with E-state index in [1.807, 2.05) is 18.2 Å². The van der Waals surface area contributed by atoms with Crippen molar-refractivity contribution in [1.82, 2.24) is 15.5 Å². The molecule has 136 valence electrons. The Labute approximate surface area is 168 Å². The average molecular weight is 465 g/mol. The van der Waals surface area contributed by atoms with Crippen LogP contribution in [0.4, 0.5) is 0 Å². The molecule has 1 unspecified atom stereocenters. The van der Waals surface area contributed by atoms with E-state index >= 15 is 0 Å². The molecule has 6 heteroatoms. The van der Waals surface area contributed by atoms with E-state index in [-0.39, 0.29) is 24.0 Å². The summed E-state index contributed by atoms with van der Waals surface area (Å²) in [6.45, 7) is 10.4. The number of rotatable bonds is 6. The van der Waals surface area contributed by atoms with Crippen LogP contribution in [0.2, 0.25) is 5.02 Å². The Morgan fingerprint density at radius 3 is 2.88 bits per heavy atom. The van der Waals surface area contributed by atoms with E-state index in [4.69, 9.17) is 11.6 Å². The number of nitrogens with one attached hydrogen (secondary N) is 2. The third-order valence-corrected chi connectivity index (χ3v) is 4.50. The van der Waals surface area contributed by atoms with Crippen molar-refractivity contribution in [2.75, 3.05) is 32.7 Å². The summed E-state index contributed by atoms with van der Waals surface area (Å²) in [6.07, 6.45) is 2.60. The van der Waals surface area contributed by atoms with Gasteiger partial charge in [0.25, 0.3) is 0 Å². The van der Waals surface area contributed by atoms with Gasteiger partial charge in [0.1, 0.15) is 0 Å². The van der Waals surface area contributed by atoms with E-state index < -0.39 is 0 Å². The Hall–Kier alpha value is -0.530. The van der Waals surface area contributed by atoms with Gasteiger partial charge in [0.15, 0.2) is 5.96 Å². The smallest absolute Gasteiger partial charge is 0.191 e. The molecular formula is C18H30ClIN4. The Morgan fingerprint density at radius 2 is 2.17 bits per heavy atom. The second-order valence-electron chi connectivity index (χ2n) is 6.11. The molecular weight excluding hydrogens is 435 g/mol. The number of benzene rings is 1. The minimum Gasteiger partial charge on any atom is -0.357 e. The molecule has 1 aromatic carbocycles. The van der Waals surface area contributed by atoms with Crippen LogP contribution in [0.1, 0.15) is 32.3 Å². The highest BCUT2D eigenvalue weighted by atomic mass is 127. The molecule has 0 amide bonds. The SMILES string of the molecule is CCNC(=NCc1cccc(Cl)c1)NCC1CCCN(CC)C1.I.